The first-order valence-electron chi connectivity index (χ1n) is 8.09. The van der Waals surface area contributed by atoms with E-state index in [4.69, 9.17) is 5.26 Å². The summed E-state index contributed by atoms with van der Waals surface area (Å²) < 4.78 is 27.4. The van der Waals surface area contributed by atoms with Gasteiger partial charge in [0.1, 0.15) is 6.07 Å². The molecular formula is C19H17N5O2S. The highest BCUT2D eigenvalue weighted by atomic mass is 32.2. The third-order valence-corrected chi connectivity index (χ3v) is 5.35. The first kappa shape index (κ1) is 18.4. The van der Waals surface area contributed by atoms with Gasteiger partial charge in [-0.05, 0) is 61.4 Å². The molecule has 2 aromatic carbocycles. The second-order valence-electron chi connectivity index (χ2n) is 5.94. The van der Waals surface area contributed by atoms with Gasteiger partial charge >= 0.3 is 0 Å². The number of sulfonamides is 1. The van der Waals surface area contributed by atoms with Gasteiger partial charge in [-0.2, -0.15) is 5.26 Å². The lowest BCUT2D eigenvalue weighted by Crippen LogP contribution is -2.14. The van der Waals surface area contributed by atoms with Gasteiger partial charge in [0.25, 0.3) is 10.0 Å². The quantitative estimate of drug-likeness (QED) is 0.702. The van der Waals surface area contributed by atoms with Crippen LogP contribution in [-0.2, 0) is 10.0 Å². The Morgan fingerprint density at radius 2 is 1.63 bits per heavy atom. The van der Waals surface area contributed by atoms with E-state index < -0.39 is 10.0 Å². The average Bonchev–Trinajstić information content (AvgIpc) is 2.65. The fourth-order valence-corrected chi connectivity index (χ4v) is 3.44. The van der Waals surface area contributed by atoms with Crippen LogP contribution in [0.2, 0.25) is 0 Å². The van der Waals surface area contributed by atoms with Crippen LogP contribution in [0.3, 0.4) is 0 Å². The lowest BCUT2D eigenvalue weighted by Gasteiger charge is -2.10. The lowest BCUT2D eigenvalue weighted by atomic mass is 10.1. The van der Waals surface area contributed by atoms with Crippen LogP contribution < -0.4 is 10.0 Å². The Kier molecular flexibility index (Phi) is 5.05. The summed E-state index contributed by atoms with van der Waals surface area (Å²) in [5, 5.41) is 20.0. The van der Waals surface area contributed by atoms with Gasteiger partial charge in [-0.15, -0.1) is 10.2 Å². The maximum atomic E-state index is 12.5. The first-order valence-corrected chi connectivity index (χ1v) is 9.57. The zero-order chi connectivity index (χ0) is 19.4. The molecule has 0 fully saturated rings. The van der Waals surface area contributed by atoms with Crippen LogP contribution in [0.4, 0.5) is 17.3 Å². The minimum absolute atomic E-state index is 0.104. The largest absolute Gasteiger partial charge is 0.338 e. The fraction of sp³-hybridized carbons (Fsp3) is 0.105. The second kappa shape index (κ2) is 7.43. The van der Waals surface area contributed by atoms with Gasteiger partial charge in [0.05, 0.1) is 16.1 Å². The van der Waals surface area contributed by atoms with Gasteiger partial charge in [0, 0.05) is 0 Å². The molecule has 3 aromatic rings. The van der Waals surface area contributed by atoms with Crippen molar-refractivity contribution in [2.24, 2.45) is 0 Å². The van der Waals surface area contributed by atoms with Gasteiger partial charge in [-0.25, -0.2) is 8.42 Å². The van der Waals surface area contributed by atoms with Crippen molar-refractivity contribution in [2.45, 2.75) is 18.7 Å². The Bertz CT molecular complexity index is 1120. The van der Waals surface area contributed by atoms with Crippen molar-refractivity contribution in [3.63, 3.8) is 0 Å². The van der Waals surface area contributed by atoms with Crippen LogP contribution in [-0.4, -0.2) is 18.6 Å². The Morgan fingerprint density at radius 1 is 0.926 bits per heavy atom. The van der Waals surface area contributed by atoms with Crippen molar-refractivity contribution in [1.82, 2.24) is 10.2 Å². The molecule has 0 aliphatic rings. The predicted octanol–water partition coefficient (Wildman–Crippen LogP) is 3.51. The normalized spacial score (nSPS) is 10.9. The third kappa shape index (κ3) is 4.22. The van der Waals surface area contributed by atoms with Crippen LogP contribution in [0, 0.1) is 25.2 Å². The molecule has 2 N–H and O–H groups in total. The van der Waals surface area contributed by atoms with Gasteiger partial charge in [-0.1, -0.05) is 18.2 Å². The van der Waals surface area contributed by atoms with Crippen LogP contribution >= 0.6 is 0 Å². The number of nitrogens with zero attached hydrogens (tertiary/aromatic N) is 3. The molecule has 7 nitrogen and oxygen atoms in total. The van der Waals surface area contributed by atoms with E-state index >= 15 is 0 Å². The molecule has 0 aliphatic heterocycles. The Labute approximate surface area is 157 Å². The summed E-state index contributed by atoms with van der Waals surface area (Å²) in [5.74, 6) is 0.499. The number of rotatable bonds is 5. The van der Waals surface area contributed by atoms with Gasteiger partial charge in [0.15, 0.2) is 11.6 Å². The molecule has 0 radical (unpaired) electrons. The van der Waals surface area contributed by atoms with Crippen molar-refractivity contribution in [2.75, 3.05) is 10.0 Å². The summed E-state index contributed by atoms with van der Waals surface area (Å²) in [6.45, 7) is 3.77. The van der Waals surface area contributed by atoms with E-state index in [1.165, 1.54) is 6.07 Å². The first-order chi connectivity index (χ1) is 12.9. The smallest absolute Gasteiger partial charge is 0.263 e. The van der Waals surface area contributed by atoms with Crippen LogP contribution in [0.15, 0.2) is 59.5 Å². The molecule has 0 spiro atoms. The van der Waals surface area contributed by atoms with Crippen molar-refractivity contribution in [1.29, 1.82) is 5.26 Å². The van der Waals surface area contributed by atoms with Crippen molar-refractivity contribution in [3.8, 4) is 6.07 Å². The molecule has 0 amide bonds. The second-order valence-corrected chi connectivity index (χ2v) is 7.62. The number of benzene rings is 2. The number of para-hydroxylation sites is 1. The van der Waals surface area contributed by atoms with Crippen LogP contribution in [0.25, 0.3) is 0 Å². The van der Waals surface area contributed by atoms with Gasteiger partial charge in [0.2, 0.25) is 0 Å². The predicted molar refractivity (Wildman–Crippen MR) is 103 cm³/mol. The fourth-order valence-electron chi connectivity index (χ4n) is 2.36. The van der Waals surface area contributed by atoms with E-state index in [9.17, 15) is 8.42 Å². The summed E-state index contributed by atoms with van der Waals surface area (Å²) in [6, 6.07) is 17.1. The summed E-state index contributed by atoms with van der Waals surface area (Å²) in [7, 11) is -3.75. The number of anilines is 3. The zero-order valence-electron chi connectivity index (χ0n) is 14.8. The topological polar surface area (TPSA) is 108 Å². The summed E-state index contributed by atoms with van der Waals surface area (Å²) in [6.07, 6.45) is 0. The molecule has 27 heavy (non-hydrogen) atoms. The minimum Gasteiger partial charge on any atom is -0.338 e. The monoisotopic (exact) mass is 379 g/mol. The van der Waals surface area contributed by atoms with E-state index in [1.54, 1.807) is 48.5 Å². The van der Waals surface area contributed by atoms with E-state index in [0.29, 0.717) is 17.1 Å². The van der Waals surface area contributed by atoms with Crippen LogP contribution in [0.5, 0.6) is 0 Å². The van der Waals surface area contributed by atoms with E-state index in [2.05, 4.69) is 26.3 Å². The highest BCUT2D eigenvalue weighted by Gasteiger charge is 2.16. The molecular weight excluding hydrogens is 362 g/mol. The molecule has 0 bridgehead atoms. The number of nitriles is 1. The molecule has 0 saturated carbocycles. The molecule has 0 atom stereocenters. The van der Waals surface area contributed by atoms with E-state index in [1.807, 2.05) is 13.8 Å². The summed E-state index contributed by atoms with van der Waals surface area (Å²) >= 11 is 0. The van der Waals surface area contributed by atoms with E-state index in [-0.39, 0.29) is 10.7 Å². The molecule has 1 heterocycles. The summed E-state index contributed by atoms with van der Waals surface area (Å²) in [4.78, 5) is 0.164. The Hall–Kier alpha value is -3.44. The number of hydrogen-bond donors (Lipinski definition) is 2. The average molecular weight is 379 g/mol. The maximum Gasteiger partial charge on any atom is 0.263 e. The van der Waals surface area contributed by atoms with Gasteiger partial charge in [-0.3, -0.25) is 4.72 Å². The third-order valence-electron chi connectivity index (χ3n) is 4.00. The van der Waals surface area contributed by atoms with E-state index in [0.717, 1.165) is 11.1 Å². The van der Waals surface area contributed by atoms with Gasteiger partial charge < -0.3 is 5.32 Å². The molecule has 8 heteroatoms. The number of aryl methyl sites for hydroxylation is 2. The number of nitrogens with one attached hydrogen (secondary N) is 2. The molecule has 0 aliphatic carbocycles. The number of hydrogen-bond acceptors (Lipinski definition) is 6. The van der Waals surface area contributed by atoms with Crippen molar-refractivity contribution < 1.29 is 8.42 Å². The molecule has 136 valence electrons. The molecule has 0 unspecified atom stereocenters. The van der Waals surface area contributed by atoms with Crippen molar-refractivity contribution in [3.05, 3.63) is 71.3 Å². The summed E-state index contributed by atoms with van der Waals surface area (Å²) in [5.41, 5.74) is 2.97. The zero-order valence-corrected chi connectivity index (χ0v) is 15.6. The SMILES string of the molecule is Cc1ccc(S(=O)(=O)Nc2ccc(Nc3ccccc3C#N)nn2)cc1C. The minimum atomic E-state index is -3.75. The lowest BCUT2D eigenvalue weighted by molar-refractivity contribution is 0.601. The number of aromatic nitrogens is 2. The Balaban J connectivity index is 1.77. The Morgan fingerprint density at radius 3 is 2.30 bits per heavy atom. The highest BCUT2D eigenvalue weighted by molar-refractivity contribution is 7.92. The van der Waals surface area contributed by atoms with Crippen molar-refractivity contribution >= 4 is 27.3 Å². The molecule has 0 saturated heterocycles. The standard InChI is InChI=1S/C19H17N5O2S/c1-13-7-8-16(11-14(13)2)27(25,26)24-19-10-9-18(22-23-19)21-17-6-4-3-5-15(17)12-20/h3-11H,1-2H3,(H,21,22)(H,23,24). The molecule has 3 rings (SSSR count). The maximum absolute atomic E-state index is 12.5. The molecule has 1 aromatic heterocycles. The van der Waals surface area contributed by atoms with Crippen LogP contribution in [0.1, 0.15) is 16.7 Å². The highest BCUT2D eigenvalue weighted by Crippen LogP contribution is 2.20.